The van der Waals surface area contributed by atoms with Gasteiger partial charge in [-0.05, 0) is 24.7 Å². The maximum absolute atomic E-state index is 10.6. The predicted molar refractivity (Wildman–Crippen MR) is 48.6 cm³/mol. The Morgan fingerprint density at radius 2 is 2.31 bits per heavy atom. The molecule has 0 saturated carbocycles. The van der Waals surface area contributed by atoms with Crippen LogP contribution in [0.4, 0.5) is 4.79 Å². The zero-order chi connectivity index (χ0) is 9.84. The lowest BCUT2D eigenvalue weighted by Gasteiger charge is -2.35. The Balaban J connectivity index is 2.41. The summed E-state index contributed by atoms with van der Waals surface area (Å²) in [4.78, 5) is 12.1. The van der Waals surface area contributed by atoms with Crippen LogP contribution < -0.4 is 0 Å². The monoisotopic (exact) mass is 187 g/mol. The standard InChI is InChI=1S/C9H17NO3/c1-7-6-10(9(12)13)4-2-8(7)3-5-11/h7-8,11H,2-6H2,1H3,(H,12,13)/t7-,8-/m0/s1. The van der Waals surface area contributed by atoms with E-state index in [4.69, 9.17) is 10.2 Å². The van der Waals surface area contributed by atoms with E-state index in [2.05, 4.69) is 6.92 Å². The minimum Gasteiger partial charge on any atom is -0.465 e. The van der Waals surface area contributed by atoms with Gasteiger partial charge in [0.2, 0.25) is 0 Å². The highest BCUT2D eigenvalue weighted by Crippen LogP contribution is 2.25. The second-order valence-electron chi connectivity index (χ2n) is 3.77. The van der Waals surface area contributed by atoms with Crippen LogP contribution in [0.3, 0.4) is 0 Å². The molecule has 1 amide bonds. The number of aliphatic hydroxyl groups excluding tert-OH is 1. The lowest BCUT2D eigenvalue weighted by atomic mass is 9.85. The van der Waals surface area contributed by atoms with E-state index in [9.17, 15) is 4.79 Å². The fourth-order valence-corrected chi connectivity index (χ4v) is 1.96. The molecule has 1 fully saturated rings. The quantitative estimate of drug-likeness (QED) is 0.678. The van der Waals surface area contributed by atoms with Crippen molar-refractivity contribution in [1.82, 2.24) is 4.90 Å². The van der Waals surface area contributed by atoms with E-state index in [1.165, 1.54) is 4.90 Å². The zero-order valence-electron chi connectivity index (χ0n) is 7.94. The van der Waals surface area contributed by atoms with Crippen molar-refractivity contribution in [3.63, 3.8) is 0 Å². The summed E-state index contributed by atoms with van der Waals surface area (Å²) in [5.74, 6) is 0.859. The van der Waals surface area contributed by atoms with Gasteiger partial charge >= 0.3 is 6.09 Å². The Bertz CT molecular complexity index is 184. The Labute approximate surface area is 78.2 Å². The Morgan fingerprint density at radius 3 is 2.77 bits per heavy atom. The first-order valence-electron chi connectivity index (χ1n) is 4.74. The molecule has 4 nitrogen and oxygen atoms in total. The van der Waals surface area contributed by atoms with Crippen LogP contribution in [0.1, 0.15) is 19.8 Å². The molecule has 1 rings (SSSR count). The Hall–Kier alpha value is -0.770. The number of hydrogen-bond donors (Lipinski definition) is 2. The van der Waals surface area contributed by atoms with Crippen molar-refractivity contribution >= 4 is 6.09 Å². The average molecular weight is 187 g/mol. The highest BCUT2D eigenvalue weighted by Gasteiger charge is 2.27. The molecule has 0 aromatic rings. The number of carboxylic acid groups (broad SMARTS) is 1. The number of likely N-dealkylation sites (tertiary alicyclic amines) is 1. The van der Waals surface area contributed by atoms with Gasteiger partial charge in [0.05, 0.1) is 0 Å². The number of rotatable bonds is 2. The fraction of sp³-hybridized carbons (Fsp3) is 0.889. The molecule has 1 saturated heterocycles. The van der Waals surface area contributed by atoms with Crippen molar-refractivity contribution in [2.24, 2.45) is 11.8 Å². The van der Waals surface area contributed by atoms with Gasteiger partial charge in [0, 0.05) is 19.7 Å². The van der Waals surface area contributed by atoms with Crippen molar-refractivity contribution in [2.45, 2.75) is 19.8 Å². The number of carbonyl (C=O) groups is 1. The van der Waals surface area contributed by atoms with Crippen LogP contribution in [0.25, 0.3) is 0 Å². The van der Waals surface area contributed by atoms with E-state index >= 15 is 0 Å². The molecular formula is C9H17NO3. The largest absolute Gasteiger partial charge is 0.465 e. The first-order valence-corrected chi connectivity index (χ1v) is 4.74. The van der Waals surface area contributed by atoms with Gasteiger partial charge in [-0.3, -0.25) is 0 Å². The number of hydrogen-bond acceptors (Lipinski definition) is 2. The summed E-state index contributed by atoms with van der Waals surface area (Å²) in [5, 5.41) is 17.5. The van der Waals surface area contributed by atoms with Gasteiger partial charge in [-0.25, -0.2) is 4.79 Å². The van der Waals surface area contributed by atoms with Crippen LogP contribution in [-0.4, -0.2) is 40.9 Å². The van der Waals surface area contributed by atoms with Crippen LogP contribution >= 0.6 is 0 Å². The third-order valence-electron chi connectivity index (χ3n) is 2.85. The third-order valence-corrected chi connectivity index (χ3v) is 2.85. The number of piperidine rings is 1. The molecule has 0 aromatic carbocycles. The van der Waals surface area contributed by atoms with E-state index in [0.717, 1.165) is 12.8 Å². The lowest BCUT2D eigenvalue weighted by molar-refractivity contribution is 0.0921. The van der Waals surface area contributed by atoms with Gasteiger partial charge in [0.25, 0.3) is 0 Å². The van der Waals surface area contributed by atoms with Gasteiger partial charge in [0.1, 0.15) is 0 Å². The van der Waals surface area contributed by atoms with Crippen LogP contribution in [0, 0.1) is 11.8 Å². The van der Waals surface area contributed by atoms with Crippen molar-refractivity contribution in [1.29, 1.82) is 0 Å². The van der Waals surface area contributed by atoms with E-state index in [1.54, 1.807) is 0 Å². The van der Waals surface area contributed by atoms with Gasteiger partial charge in [0.15, 0.2) is 0 Å². The second kappa shape index (κ2) is 4.46. The molecule has 1 aliphatic heterocycles. The van der Waals surface area contributed by atoms with Gasteiger partial charge in [-0.15, -0.1) is 0 Å². The lowest BCUT2D eigenvalue weighted by Crippen LogP contribution is -2.42. The van der Waals surface area contributed by atoms with Crippen molar-refractivity contribution in [2.75, 3.05) is 19.7 Å². The maximum Gasteiger partial charge on any atom is 0.407 e. The fourth-order valence-electron chi connectivity index (χ4n) is 1.96. The maximum atomic E-state index is 10.6. The molecule has 0 radical (unpaired) electrons. The summed E-state index contributed by atoms with van der Waals surface area (Å²) >= 11 is 0. The predicted octanol–water partition coefficient (Wildman–Crippen LogP) is 1.00. The first-order chi connectivity index (χ1) is 6.15. The summed E-state index contributed by atoms with van der Waals surface area (Å²) in [7, 11) is 0. The topological polar surface area (TPSA) is 60.8 Å². The smallest absolute Gasteiger partial charge is 0.407 e. The second-order valence-corrected chi connectivity index (χ2v) is 3.77. The summed E-state index contributed by atoms with van der Waals surface area (Å²) in [5.41, 5.74) is 0. The first kappa shape index (κ1) is 10.3. The molecule has 0 bridgehead atoms. The van der Waals surface area contributed by atoms with Gasteiger partial charge in [-0.2, -0.15) is 0 Å². The van der Waals surface area contributed by atoms with Gasteiger partial charge in [-0.1, -0.05) is 6.92 Å². The minimum atomic E-state index is -0.825. The molecule has 2 atom stereocenters. The highest BCUT2D eigenvalue weighted by atomic mass is 16.4. The summed E-state index contributed by atoms with van der Waals surface area (Å²) < 4.78 is 0. The van der Waals surface area contributed by atoms with Crippen LogP contribution in [0.2, 0.25) is 0 Å². The van der Waals surface area contributed by atoms with Crippen molar-refractivity contribution in [3.8, 4) is 0 Å². The molecule has 13 heavy (non-hydrogen) atoms. The molecule has 0 aliphatic carbocycles. The highest BCUT2D eigenvalue weighted by molar-refractivity contribution is 5.65. The molecule has 2 N–H and O–H groups in total. The van der Waals surface area contributed by atoms with Crippen molar-refractivity contribution < 1.29 is 15.0 Å². The normalized spacial score (nSPS) is 28.9. The van der Waals surface area contributed by atoms with Crippen LogP contribution in [-0.2, 0) is 0 Å². The van der Waals surface area contributed by atoms with Crippen LogP contribution in [0.5, 0.6) is 0 Å². The van der Waals surface area contributed by atoms with E-state index in [0.29, 0.717) is 24.9 Å². The molecule has 1 heterocycles. The third kappa shape index (κ3) is 2.59. The van der Waals surface area contributed by atoms with Crippen LogP contribution in [0.15, 0.2) is 0 Å². The Morgan fingerprint density at radius 1 is 1.62 bits per heavy atom. The molecule has 4 heteroatoms. The molecule has 0 aromatic heterocycles. The number of amides is 1. The van der Waals surface area contributed by atoms with E-state index in [1.807, 2.05) is 0 Å². The molecule has 0 unspecified atom stereocenters. The summed E-state index contributed by atoms with van der Waals surface area (Å²) in [6.45, 7) is 3.49. The zero-order valence-corrected chi connectivity index (χ0v) is 7.94. The number of aliphatic hydroxyl groups is 1. The average Bonchev–Trinajstić information content (AvgIpc) is 2.08. The molecular weight excluding hydrogens is 170 g/mol. The SMILES string of the molecule is C[C@H]1CN(C(=O)O)CC[C@H]1CCO. The van der Waals surface area contributed by atoms with E-state index < -0.39 is 6.09 Å². The van der Waals surface area contributed by atoms with Crippen molar-refractivity contribution in [3.05, 3.63) is 0 Å². The Kier molecular flexibility index (Phi) is 3.54. The minimum absolute atomic E-state index is 0.210. The summed E-state index contributed by atoms with van der Waals surface area (Å²) in [6.07, 6.45) is 0.858. The summed E-state index contributed by atoms with van der Waals surface area (Å²) in [6, 6.07) is 0. The molecule has 1 aliphatic rings. The van der Waals surface area contributed by atoms with Gasteiger partial charge < -0.3 is 15.1 Å². The van der Waals surface area contributed by atoms with E-state index in [-0.39, 0.29) is 6.61 Å². The molecule has 76 valence electrons. The molecule has 0 spiro atoms. The number of nitrogens with zero attached hydrogens (tertiary/aromatic N) is 1.